The normalized spacial score (nSPS) is 12.8. The quantitative estimate of drug-likeness (QED) is 0.495. The van der Waals surface area contributed by atoms with Crippen molar-refractivity contribution < 1.29 is 4.39 Å². The number of hydrogen-bond acceptors (Lipinski definition) is 1. The Kier molecular flexibility index (Phi) is 4.53. The van der Waals surface area contributed by atoms with Gasteiger partial charge in [0.1, 0.15) is 10.2 Å². The van der Waals surface area contributed by atoms with Crippen LogP contribution >= 0.6 is 66.4 Å². The molecule has 1 heterocycles. The fourth-order valence-electron chi connectivity index (χ4n) is 1.35. The molecule has 0 amide bonds. The third kappa shape index (κ3) is 3.04. The molecule has 0 nitrogen and oxygen atoms in total. The molecule has 0 radical (unpaired) electrons. The zero-order valence-corrected chi connectivity index (χ0v) is 13.7. The van der Waals surface area contributed by atoms with Crippen LogP contribution in [0.15, 0.2) is 33.2 Å². The first kappa shape index (κ1) is 13.8. The maximum absolute atomic E-state index is 13.7. The smallest absolute Gasteiger partial charge is 0.128 e. The number of hydrogen-bond donors (Lipinski definition) is 0. The summed E-state index contributed by atoms with van der Waals surface area (Å²) in [6.07, 6.45) is 0. The minimum atomic E-state index is -0.540. The minimum absolute atomic E-state index is 0.325. The molecule has 0 aliphatic rings. The highest BCUT2D eigenvalue weighted by Crippen LogP contribution is 2.41. The van der Waals surface area contributed by atoms with Gasteiger partial charge in [0.15, 0.2) is 0 Å². The molecular weight excluding hydrogens is 414 g/mol. The Morgan fingerprint density at radius 2 is 1.94 bits per heavy atom. The van der Waals surface area contributed by atoms with Gasteiger partial charge in [-0.1, -0.05) is 27.5 Å². The van der Waals surface area contributed by atoms with Crippen LogP contribution in [0.1, 0.15) is 15.8 Å². The Hall–Kier alpha value is 0.390. The summed E-state index contributed by atoms with van der Waals surface area (Å²) in [4.78, 5) is 0.806. The van der Waals surface area contributed by atoms with Gasteiger partial charge in [0, 0.05) is 19.4 Å². The summed E-state index contributed by atoms with van der Waals surface area (Å²) < 4.78 is 15.9. The number of rotatable bonds is 2. The van der Waals surface area contributed by atoms with Gasteiger partial charge in [-0.15, -0.1) is 22.9 Å². The van der Waals surface area contributed by atoms with Crippen molar-refractivity contribution in [3.63, 3.8) is 0 Å². The van der Waals surface area contributed by atoms with Crippen molar-refractivity contribution in [2.45, 2.75) is 5.38 Å². The number of alkyl halides is 1. The van der Waals surface area contributed by atoms with Gasteiger partial charge in [0.2, 0.25) is 0 Å². The third-order valence-electron chi connectivity index (χ3n) is 2.15. The van der Waals surface area contributed by atoms with Gasteiger partial charge in [0.05, 0.1) is 5.38 Å². The van der Waals surface area contributed by atoms with Crippen LogP contribution in [0.2, 0.25) is 4.34 Å². The Labute approximate surface area is 129 Å². The van der Waals surface area contributed by atoms with Crippen molar-refractivity contribution in [3.8, 4) is 0 Å². The number of benzene rings is 1. The van der Waals surface area contributed by atoms with E-state index in [1.807, 2.05) is 6.07 Å². The molecule has 0 aliphatic heterocycles. The van der Waals surface area contributed by atoms with Gasteiger partial charge < -0.3 is 0 Å². The van der Waals surface area contributed by atoms with Gasteiger partial charge in [-0.25, -0.2) is 4.39 Å². The lowest BCUT2D eigenvalue weighted by atomic mass is 10.1. The lowest BCUT2D eigenvalue weighted by Gasteiger charge is -2.09. The Balaban J connectivity index is 2.42. The minimum Gasteiger partial charge on any atom is -0.207 e. The molecule has 1 atom stereocenters. The molecule has 90 valence electrons. The molecule has 6 heteroatoms. The van der Waals surface area contributed by atoms with Gasteiger partial charge in [-0.05, 0) is 40.2 Å². The fourth-order valence-corrected chi connectivity index (χ4v) is 3.83. The van der Waals surface area contributed by atoms with Crippen molar-refractivity contribution in [2.75, 3.05) is 0 Å². The average molecular weight is 419 g/mol. The number of halogens is 5. The maximum Gasteiger partial charge on any atom is 0.128 e. The standard InChI is InChI=1S/C11H5Br2Cl2FS/c12-5-1-2-8(16)6(3-5)10(14)9-4-7(13)11(15)17-9/h1-4,10H. The maximum atomic E-state index is 13.7. The Morgan fingerprint density at radius 3 is 2.53 bits per heavy atom. The second-order valence-electron chi connectivity index (χ2n) is 3.30. The average Bonchev–Trinajstić information content (AvgIpc) is 2.62. The predicted octanol–water partition coefficient (Wildman–Crippen LogP) is 6.39. The van der Waals surface area contributed by atoms with Crippen LogP contribution in [0.25, 0.3) is 0 Å². The van der Waals surface area contributed by atoms with Crippen molar-refractivity contribution in [1.82, 2.24) is 0 Å². The third-order valence-corrected chi connectivity index (χ3v) is 5.78. The summed E-state index contributed by atoms with van der Waals surface area (Å²) in [7, 11) is 0. The predicted molar refractivity (Wildman–Crippen MR) is 78.8 cm³/mol. The molecule has 2 rings (SSSR count). The van der Waals surface area contributed by atoms with Gasteiger partial charge >= 0.3 is 0 Å². The first-order valence-electron chi connectivity index (χ1n) is 4.53. The Morgan fingerprint density at radius 1 is 1.24 bits per heavy atom. The van der Waals surface area contributed by atoms with Gasteiger partial charge in [0.25, 0.3) is 0 Å². The number of thiophene rings is 1. The Bertz CT molecular complexity index is 537. The van der Waals surface area contributed by atoms with Gasteiger partial charge in [-0.2, -0.15) is 0 Å². The summed E-state index contributed by atoms with van der Waals surface area (Å²) in [6, 6.07) is 6.51. The molecule has 1 aromatic heterocycles. The van der Waals surface area contributed by atoms with E-state index in [9.17, 15) is 4.39 Å². The highest BCUT2D eigenvalue weighted by molar-refractivity contribution is 9.10. The van der Waals surface area contributed by atoms with E-state index in [0.29, 0.717) is 9.90 Å². The highest BCUT2D eigenvalue weighted by atomic mass is 79.9. The van der Waals surface area contributed by atoms with Crippen LogP contribution in [0.3, 0.4) is 0 Å². The van der Waals surface area contributed by atoms with Crippen molar-refractivity contribution in [2.24, 2.45) is 0 Å². The lowest BCUT2D eigenvalue weighted by Crippen LogP contribution is -1.94. The van der Waals surface area contributed by atoms with Crippen LogP contribution in [-0.4, -0.2) is 0 Å². The lowest BCUT2D eigenvalue weighted by molar-refractivity contribution is 0.612. The summed E-state index contributed by atoms with van der Waals surface area (Å²) in [5.41, 5.74) is 0.437. The zero-order valence-electron chi connectivity index (χ0n) is 8.18. The van der Waals surface area contributed by atoms with Gasteiger partial charge in [-0.3, -0.25) is 0 Å². The molecule has 17 heavy (non-hydrogen) atoms. The first-order valence-corrected chi connectivity index (χ1v) is 7.74. The molecule has 0 bridgehead atoms. The summed E-state index contributed by atoms with van der Waals surface area (Å²) >= 11 is 20.1. The van der Waals surface area contributed by atoms with E-state index in [1.165, 1.54) is 17.4 Å². The van der Waals surface area contributed by atoms with E-state index in [-0.39, 0.29) is 5.82 Å². The fraction of sp³-hybridized carbons (Fsp3) is 0.0909. The second kappa shape index (κ2) is 5.57. The van der Waals surface area contributed by atoms with E-state index >= 15 is 0 Å². The molecule has 1 unspecified atom stereocenters. The van der Waals surface area contributed by atoms with Crippen LogP contribution in [0, 0.1) is 5.82 Å². The van der Waals surface area contributed by atoms with Crippen LogP contribution < -0.4 is 0 Å². The van der Waals surface area contributed by atoms with Crippen molar-refractivity contribution in [3.05, 3.63) is 53.8 Å². The van der Waals surface area contributed by atoms with Crippen molar-refractivity contribution in [1.29, 1.82) is 0 Å². The monoisotopic (exact) mass is 416 g/mol. The van der Waals surface area contributed by atoms with E-state index in [0.717, 1.165) is 13.8 Å². The zero-order chi connectivity index (χ0) is 12.6. The molecular formula is C11H5Br2Cl2FS. The van der Waals surface area contributed by atoms with Crippen LogP contribution in [0.4, 0.5) is 4.39 Å². The summed E-state index contributed by atoms with van der Waals surface area (Å²) in [5.74, 6) is -0.325. The molecule has 0 saturated carbocycles. The molecule has 0 aliphatic carbocycles. The summed E-state index contributed by atoms with van der Waals surface area (Å²) in [5, 5.41) is -0.540. The SMILES string of the molecule is Fc1ccc(Br)cc1C(Cl)c1cc(Br)c(Cl)s1. The highest BCUT2D eigenvalue weighted by Gasteiger charge is 2.19. The molecule has 0 N–H and O–H groups in total. The first-order chi connectivity index (χ1) is 7.99. The van der Waals surface area contributed by atoms with E-state index in [1.54, 1.807) is 12.1 Å². The molecule has 0 fully saturated rings. The largest absolute Gasteiger partial charge is 0.207 e. The molecule has 0 saturated heterocycles. The van der Waals surface area contributed by atoms with Crippen LogP contribution in [0.5, 0.6) is 0 Å². The van der Waals surface area contributed by atoms with Crippen LogP contribution in [-0.2, 0) is 0 Å². The second-order valence-corrected chi connectivity index (χ2v) is 7.19. The summed E-state index contributed by atoms with van der Waals surface area (Å²) in [6.45, 7) is 0. The molecule has 2 aromatic rings. The van der Waals surface area contributed by atoms with E-state index in [4.69, 9.17) is 23.2 Å². The topological polar surface area (TPSA) is 0 Å². The molecule has 0 spiro atoms. The van der Waals surface area contributed by atoms with E-state index < -0.39 is 5.38 Å². The van der Waals surface area contributed by atoms with Crippen molar-refractivity contribution >= 4 is 66.4 Å². The molecule has 1 aromatic carbocycles. The van der Waals surface area contributed by atoms with E-state index in [2.05, 4.69) is 31.9 Å².